The molecule has 0 aliphatic carbocycles. The first-order valence-electron chi connectivity index (χ1n) is 9.62. The maximum absolute atomic E-state index is 13.2. The second kappa shape index (κ2) is 8.32. The summed E-state index contributed by atoms with van der Waals surface area (Å²) in [5, 5.41) is 13.0. The van der Waals surface area contributed by atoms with Crippen molar-refractivity contribution >= 4 is 22.6 Å². The van der Waals surface area contributed by atoms with Crippen LogP contribution in [0.2, 0.25) is 5.02 Å². The number of hydrogen-bond donors (Lipinski definition) is 0. The Morgan fingerprint density at radius 3 is 2.24 bits per heavy atom. The number of aromatic nitrogens is 4. The summed E-state index contributed by atoms with van der Waals surface area (Å²) < 4.78 is 85.6. The summed E-state index contributed by atoms with van der Waals surface area (Å²) in [6.45, 7) is 1.77. The number of imidazole rings is 1. The topological polar surface area (TPSA) is 80.5 Å². The molecule has 0 radical (unpaired) electrons. The quantitative estimate of drug-likeness (QED) is 0.310. The van der Waals surface area contributed by atoms with E-state index in [4.69, 9.17) is 21.4 Å². The Kier molecular flexibility index (Phi) is 5.77. The summed E-state index contributed by atoms with van der Waals surface area (Å²) in [5.74, 6) is 0.0473. The van der Waals surface area contributed by atoms with Gasteiger partial charge in [0.25, 0.3) is 5.89 Å². The number of rotatable bonds is 4. The van der Waals surface area contributed by atoms with Crippen molar-refractivity contribution < 1.29 is 30.9 Å². The van der Waals surface area contributed by atoms with E-state index >= 15 is 0 Å². The van der Waals surface area contributed by atoms with Gasteiger partial charge >= 0.3 is 12.4 Å². The van der Waals surface area contributed by atoms with Gasteiger partial charge in [0.2, 0.25) is 0 Å². The molecule has 2 aromatic heterocycles. The summed E-state index contributed by atoms with van der Waals surface area (Å²) in [4.78, 5) is 8.42. The van der Waals surface area contributed by atoms with Gasteiger partial charge in [0.1, 0.15) is 17.4 Å². The summed E-state index contributed by atoms with van der Waals surface area (Å²) >= 11 is 6.24. The van der Waals surface area contributed by atoms with Gasteiger partial charge in [-0.1, -0.05) is 23.7 Å². The van der Waals surface area contributed by atoms with Crippen molar-refractivity contribution in [2.24, 2.45) is 0 Å². The maximum atomic E-state index is 13.2. The van der Waals surface area contributed by atoms with Crippen LogP contribution in [-0.4, -0.2) is 19.7 Å². The minimum atomic E-state index is -5.01. The zero-order valence-electron chi connectivity index (χ0n) is 17.1. The molecule has 0 aliphatic heterocycles. The molecule has 0 N–H and O–H groups in total. The number of halogens is 7. The zero-order valence-corrected chi connectivity index (χ0v) is 17.8. The van der Waals surface area contributed by atoms with Crippen molar-refractivity contribution in [1.29, 1.82) is 5.26 Å². The lowest BCUT2D eigenvalue weighted by molar-refractivity contribution is -0.143. The lowest BCUT2D eigenvalue weighted by Gasteiger charge is -2.12. The van der Waals surface area contributed by atoms with E-state index in [1.807, 2.05) is 13.0 Å². The van der Waals surface area contributed by atoms with E-state index in [9.17, 15) is 26.3 Å². The van der Waals surface area contributed by atoms with E-state index in [0.717, 1.165) is 0 Å². The predicted molar refractivity (Wildman–Crippen MR) is 108 cm³/mol. The molecule has 2 aromatic carbocycles. The van der Waals surface area contributed by atoms with Crippen LogP contribution in [0.25, 0.3) is 22.5 Å². The Balaban J connectivity index is 1.75. The first-order valence-corrected chi connectivity index (χ1v) is 10.00. The minimum absolute atomic E-state index is 0.00421. The van der Waals surface area contributed by atoms with Gasteiger partial charge < -0.3 is 9.09 Å². The summed E-state index contributed by atoms with van der Waals surface area (Å²) in [6, 6.07) is 6.13. The number of hydrogen-bond acceptors (Lipinski definition) is 5. The number of alkyl halides is 6. The smallest absolute Gasteiger partial charge is 0.334 e. The Labute approximate surface area is 192 Å². The molecule has 0 spiro atoms. The van der Waals surface area contributed by atoms with Crippen LogP contribution in [0.3, 0.4) is 0 Å². The van der Waals surface area contributed by atoms with Gasteiger partial charge in [-0.2, -0.15) is 36.6 Å². The molecule has 2 heterocycles. The zero-order chi connectivity index (χ0) is 24.8. The monoisotopic (exact) mass is 499 g/mol. The molecular formula is C21H12ClF6N5O. The van der Waals surface area contributed by atoms with E-state index in [1.165, 1.54) is 6.07 Å². The van der Waals surface area contributed by atoms with Gasteiger partial charge in [0.15, 0.2) is 5.82 Å². The van der Waals surface area contributed by atoms with Crippen LogP contribution in [-0.2, 0) is 25.3 Å². The molecule has 0 atom stereocenters. The van der Waals surface area contributed by atoms with Gasteiger partial charge in [-0.25, -0.2) is 4.98 Å². The molecule has 0 saturated carbocycles. The Hall–Kier alpha value is -3.59. The highest BCUT2D eigenvalue weighted by molar-refractivity contribution is 6.36. The van der Waals surface area contributed by atoms with Crippen molar-refractivity contribution in [3.63, 3.8) is 0 Å². The molecular weight excluding hydrogens is 488 g/mol. The average Bonchev–Trinajstić information content (AvgIpc) is 3.38. The van der Waals surface area contributed by atoms with Gasteiger partial charge in [0.05, 0.1) is 33.8 Å². The van der Waals surface area contributed by atoms with Crippen molar-refractivity contribution in [2.75, 3.05) is 0 Å². The third-order valence-electron chi connectivity index (χ3n) is 4.98. The number of aryl methyl sites for hydroxylation is 1. The molecule has 34 heavy (non-hydrogen) atoms. The van der Waals surface area contributed by atoms with Gasteiger partial charge in [-0.15, -0.1) is 0 Å². The van der Waals surface area contributed by atoms with Crippen LogP contribution in [0.5, 0.6) is 0 Å². The first-order chi connectivity index (χ1) is 15.9. The fraction of sp³-hybridized carbons (Fsp3) is 0.238. The van der Waals surface area contributed by atoms with E-state index in [-0.39, 0.29) is 29.0 Å². The summed E-state index contributed by atoms with van der Waals surface area (Å²) in [5.41, 5.74) is -2.36. The SMILES string of the molecule is CCc1nc2c(Cl)c(C#N)ccc2n1Cc1noc(-c2cc(C(F)(F)F)cc(C(F)(F)F)c2)n1. The molecule has 13 heteroatoms. The van der Waals surface area contributed by atoms with E-state index in [2.05, 4.69) is 15.1 Å². The predicted octanol–water partition coefficient (Wildman–Crippen LogP) is 6.26. The van der Waals surface area contributed by atoms with Crippen molar-refractivity contribution in [3.05, 3.63) is 63.7 Å². The first kappa shape index (κ1) is 23.6. The molecule has 6 nitrogen and oxygen atoms in total. The highest BCUT2D eigenvalue weighted by atomic mass is 35.5. The fourth-order valence-electron chi connectivity index (χ4n) is 3.39. The van der Waals surface area contributed by atoms with Crippen molar-refractivity contribution in [3.8, 4) is 17.5 Å². The van der Waals surface area contributed by atoms with E-state index in [0.29, 0.717) is 35.4 Å². The standard InChI is InChI=1S/C21H12ClF6N5O/c1-2-16-31-18-14(4-3-10(8-29)17(18)22)33(16)9-15-30-19(34-32-15)11-5-12(20(23,24)25)7-13(6-11)21(26,27)28/h3-7H,2,9H2,1H3. The lowest BCUT2D eigenvalue weighted by atomic mass is 10.0. The Morgan fingerprint density at radius 1 is 1.03 bits per heavy atom. The van der Waals surface area contributed by atoms with Crippen LogP contribution >= 0.6 is 11.6 Å². The summed E-state index contributed by atoms with van der Waals surface area (Å²) in [7, 11) is 0. The maximum Gasteiger partial charge on any atom is 0.416 e. The molecule has 4 aromatic rings. The molecule has 0 fully saturated rings. The van der Waals surface area contributed by atoms with Crippen LogP contribution in [0.4, 0.5) is 26.3 Å². The molecule has 0 saturated heterocycles. The molecule has 0 unspecified atom stereocenters. The van der Waals surface area contributed by atoms with E-state index in [1.54, 1.807) is 10.6 Å². The number of fused-ring (bicyclic) bond motifs is 1. The lowest BCUT2D eigenvalue weighted by Crippen LogP contribution is -2.11. The van der Waals surface area contributed by atoms with Gasteiger partial charge in [0, 0.05) is 12.0 Å². The normalized spacial score (nSPS) is 12.3. The molecule has 176 valence electrons. The largest absolute Gasteiger partial charge is 0.416 e. The number of benzene rings is 2. The van der Waals surface area contributed by atoms with Crippen LogP contribution in [0.1, 0.15) is 35.3 Å². The van der Waals surface area contributed by atoms with Gasteiger partial charge in [-0.3, -0.25) is 0 Å². The van der Waals surface area contributed by atoms with Crippen molar-refractivity contribution in [2.45, 2.75) is 32.2 Å². The number of nitriles is 1. The van der Waals surface area contributed by atoms with Crippen molar-refractivity contribution in [1.82, 2.24) is 19.7 Å². The van der Waals surface area contributed by atoms with Crippen LogP contribution in [0.15, 0.2) is 34.9 Å². The third-order valence-corrected chi connectivity index (χ3v) is 5.36. The Bertz CT molecular complexity index is 1400. The Morgan fingerprint density at radius 2 is 1.68 bits per heavy atom. The molecule has 0 aliphatic rings. The third kappa shape index (κ3) is 4.31. The molecule has 4 rings (SSSR count). The molecule has 0 bridgehead atoms. The fourth-order valence-corrected chi connectivity index (χ4v) is 3.64. The minimum Gasteiger partial charge on any atom is -0.334 e. The van der Waals surface area contributed by atoms with Gasteiger partial charge in [-0.05, 0) is 30.3 Å². The number of nitrogens with zero attached hydrogens (tertiary/aromatic N) is 5. The van der Waals surface area contributed by atoms with Crippen LogP contribution < -0.4 is 0 Å². The molecule has 0 amide bonds. The highest BCUT2D eigenvalue weighted by Crippen LogP contribution is 2.38. The summed E-state index contributed by atoms with van der Waals surface area (Å²) in [6.07, 6.45) is -9.56. The van der Waals surface area contributed by atoms with E-state index < -0.39 is 34.9 Å². The average molecular weight is 500 g/mol. The highest BCUT2D eigenvalue weighted by Gasteiger charge is 2.37. The van der Waals surface area contributed by atoms with Crippen LogP contribution in [0, 0.1) is 11.3 Å². The second-order valence-electron chi connectivity index (χ2n) is 7.18. The second-order valence-corrected chi connectivity index (χ2v) is 7.56.